The number of hydrogen-bond acceptors (Lipinski definition) is 6. The first-order valence-electron chi connectivity index (χ1n) is 10.4. The van der Waals surface area contributed by atoms with E-state index in [0.29, 0.717) is 12.4 Å². The van der Waals surface area contributed by atoms with Crippen molar-refractivity contribution in [2.24, 2.45) is 16.1 Å². The van der Waals surface area contributed by atoms with E-state index in [9.17, 15) is 0 Å². The molecule has 5 rings (SSSR count). The normalized spacial score (nSPS) is 18.9. The molecule has 164 valence electrons. The number of aromatic nitrogens is 1. The largest absolute Gasteiger partial charge is 0.492 e. The molecule has 2 aromatic carbocycles. The highest BCUT2D eigenvalue weighted by atomic mass is 79.9. The second-order valence-electron chi connectivity index (χ2n) is 9.25. The van der Waals surface area contributed by atoms with Crippen LogP contribution in [0.5, 0.6) is 17.2 Å². The van der Waals surface area contributed by atoms with Gasteiger partial charge in [-0.3, -0.25) is 4.98 Å². The van der Waals surface area contributed by atoms with Crippen LogP contribution in [0.25, 0.3) is 11.1 Å². The predicted molar refractivity (Wildman–Crippen MR) is 127 cm³/mol. The predicted octanol–water partition coefficient (Wildman–Crippen LogP) is 5.63. The Labute approximate surface area is 195 Å². The minimum Gasteiger partial charge on any atom is -0.492 e. The van der Waals surface area contributed by atoms with Crippen molar-refractivity contribution < 1.29 is 14.2 Å². The zero-order valence-corrected chi connectivity index (χ0v) is 19.8. The fourth-order valence-electron chi connectivity index (χ4n) is 4.02. The molecule has 0 bridgehead atoms. The molecular formula is C25H24BrN3O3. The number of nitrogens with two attached hydrogens (primary N) is 1. The van der Waals surface area contributed by atoms with E-state index in [1.54, 1.807) is 6.20 Å². The van der Waals surface area contributed by atoms with E-state index < -0.39 is 5.54 Å². The van der Waals surface area contributed by atoms with Gasteiger partial charge in [-0.05, 0) is 57.2 Å². The lowest BCUT2D eigenvalue weighted by molar-refractivity contribution is 0.195. The topological polar surface area (TPSA) is 79.0 Å². The first-order valence-corrected chi connectivity index (χ1v) is 11.2. The van der Waals surface area contributed by atoms with Gasteiger partial charge >= 0.3 is 0 Å². The zero-order valence-electron chi connectivity index (χ0n) is 18.2. The molecule has 0 fully saturated rings. The number of pyridine rings is 1. The minimum atomic E-state index is -0.842. The Morgan fingerprint density at radius 3 is 2.62 bits per heavy atom. The maximum Gasteiger partial charge on any atom is 0.283 e. The molecular weight excluding hydrogens is 470 g/mol. The Balaban J connectivity index is 1.67. The van der Waals surface area contributed by atoms with Gasteiger partial charge in [-0.2, -0.15) is 0 Å². The number of rotatable bonds is 3. The number of ether oxygens (including phenoxy) is 3. The molecule has 3 aromatic rings. The summed E-state index contributed by atoms with van der Waals surface area (Å²) in [5, 5.41) is 0. The molecule has 0 radical (unpaired) electrons. The molecule has 3 heterocycles. The van der Waals surface area contributed by atoms with Crippen molar-refractivity contribution in [1.82, 2.24) is 4.98 Å². The van der Waals surface area contributed by atoms with Crippen molar-refractivity contribution in [3.05, 3.63) is 70.5 Å². The van der Waals surface area contributed by atoms with E-state index in [1.165, 1.54) is 0 Å². The molecule has 1 aromatic heterocycles. The van der Waals surface area contributed by atoms with Gasteiger partial charge in [0.1, 0.15) is 23.9 Å². The Bertz CT molecular complexity index is 1220. The number of amidine groups is 1. The SMILES string of the molecule is CC(C)(C)COc1ccc2c(c1Br)[C@]1(COC(N)=N1)c1cc(-c3cccnc3)ccc1O2. The summed E-state index contributed by atoms with van der Waals surface area (Å²) in [6.45, 7) is 7.25. The van der Waals surface area contributed by atoms with Crippen molar-refractivity contribution in [1.29, 1.82) is 0 Å². The summed E-state index contributed by atoms with van der Waals surface area (Å²) in [5.74, 6) is 2.15. The molecule has 0 unspecified atom stereocenters. The van der Waals surface area contributed by atoms with Gasteiger partial charge in [0.15, 0.2) is 5.54 Å². The molecule has 1 spiro atoms. The van der Waals surface area contributed by atoms with Crippen LogP contribution in [0.4, 0.5) is 0 Å². The van der Waals surface area contributed by atoms with E-state index >= 15 is 0 Å². The van der Waals surface area contributed by atoms with Crippen molar-refractivity contribution in [2.75, 3.05) is 13.2 Å². The van der Waals surface area contributed by atoms with E-state index in [-0.39, 0.29) is 18.0 Å². The van der Waals surface area contributed by atoms with Crippen LogP contribution in [-0.2, 0) is 10.3 Å². The summed E-state index contributed by atoms with van der Waals surface area (Å²) in [4.78, 5) is 9.05. The molecule has 0 aliphatic carbocycles. The van der Waals surface area contributed by atoms with E-state index in [0.717, 1.165) is 38.2 Å². The Hall–Kier alpha value is -3.06. The van der Waals surface area contributed by atoms with Crippen LogP contribution in [0.3, 0.4) is 0 Å². The van der Waals surface area contributed by atoms with Gasteiger partial charge in [0.05, 0.1) is 11.1 Å². The third-order valence-corrected chi connectivity index (χ3v) is 6.30. The Kier molecular flexibility index (Phi) is 4.89. The van der Waals surface area contributed by atoms with Crippen LogP contribution in [0.1, 0.15) is 31.9 Å². The standard InChI is InChI=1S/C25H24BrN3O3/c1-24(2,3)13-30-20-9-8-19-21(22(20)26)25(14-31-23(27)29-25)17-11-15(6-7-18(17)32-19)16-5-4-10-28-12-16/h4-12H,13-14H2,1-3H3,(H2,27,29)/t25-/m0/s1. The van der Waals surface area contributed by atoms with Crippen molar-refractivity contribution in [3.63, 3.8) is 0 Å². The van der Waals surface area contributed by atoms with Gasteiger partial charge < -0.3 is 19.9 Å². The fraction of sp³-hybridized carbons (Fsp3) is 0.280. The Morgan fingerprint density at radius 2 is 1.94 bits per heavy atom. The highest BCUT2D eigenvalue weighted by Gasteiger charge is 2.49. The average Bonchev–Trinajstić information content (AvgIpc) is 3.15. The van der Waals surface area contributed by atoms with Gasteiger partial charge in [0.2, 0.25) is 0 Å². The second-order valence-corrected chi connectivity index (χ2v) is 10.0. The molecule has 6 nitrogen and oxygen atoms in total. The summed E-state index contributed by atoms with van der Waals surface area (Å²) in [7, 11) is 0. The molecule has 2 aliphatic heterocycles. The van der Waals surface area contributed by atoms with Gasteiger partial charge in [0, 0.05) is 29.1 Å². The lowest BCUT2D eigenvalue weighted by atomic mass is 9.80. The Morgan fingerprint density at radius 1 is 1.12 bits per heavy atom. The summed E-state index contributed by atoms with van der Waals surface area (Å²) >= 11 is 3.77. The minimum absolute atomic E-state index is 0.0216. The maximum atomic E-state index is 6.30. The number of nitrogens with zero attached hydrogens (tertiary/aromatic N) is 2. The van der Waals surface area contributed by atoms with E-state index in [2.05, 4.69) is 47.8 Å². The van der Waals surface area contributed by atoms with Gasteiger partial charge in [-0.25, -0.2) is 4.99 Å². The maximum absolute atomic E-state index is 6.30. The first kappa shape index (κ1) is 20.8. The highest BCUT2D eigenvalue weighted by molar-refractivity contribution is 9.10. The van der Waals surface area contributed by atoms with E-state index in [4.69, 9.17) is 24.9 Å². The van der Waals surface area contributed by atoms with Crippen LogP contribution >= 0.6 is 15.9 Å². The van der Waals surface area contributed by atoms with Crippen molar-refractivity contribution in [2.45, 2.75) is 26.3 Å². The number of halogens is 1. The average molecular weight is 494 g/mol. The zero-order chi connectivity index (χ0) is 22.5. The van der Waals surface area contributed by atoms with Crippen LogP contribution in [0, 0.1) is 5.41 Å². The van der Waals surface area contributed by atoms with Crippen LogP contribution in [0.2, 0.25) is 0 Å². The monoisotopic (exact) mass is 493 g/mol. The van der Waals surface area contributed by atoms with Crippen LogP contribution < -0.4 is 15.2 Å². The van der Waals surface area contributed by atoms with Crippen LogP contribution in [0.15, 0.2) is 64.3 Å². The lowest BCUT2D eigenvalue weighted by Gasteiger charge is -2.35. The van der Waals surface area contributed by atoms with Gasteiger partial charge in [-0.1, -0.05) is 32.9 Å². The van der Waals surface area contributed by atoms with Gasteiger partial charge in [-0.15, -0.1) is 0 Å². The molecule has 2 aliphatic rings. The quantitative estimate of drug-likeness (QED) is 0.511. The molecule has 0 saturated heterocycles. The number of benzene rings is 2. The van der Waals surface area contributed by atoms with Crippen LogP contribution in [-0.4, -0.2) is 24.2 Å². The van der Waals surface area contributed by atoms with E-state index in [1.807, 2.05) is 42.6 Å². The van der Waals surface area contributed by atoms with Crippen molar-refractivity contribution in [3.8, 4) is 28.4 Å². The summed E-state index contributed by atoms with van der Waals surface area (Å²) in [5.41, 5.74) is 8.98. The number of fused-ring (bicyclic) bond motifs is 4. The molecule has 32 heavy (non-hydrogen) atoms. The summed E-state index contributed by atoms with van der Waals surface area (Å²) in [6.07, 6.45) is 3.60. The van der Waals surface area contributed by atoms with Crippen molar-refractivity contribution >= 4 is 22.0 Å². The molecule has 2 N–H and O–H groups in total. The summed E-state index contributed by atoms with van der Waals surface area (Å²) in [6, 6.07) is 14.0. The fourth-order valence-corrected chi connectivity index (χ4v) is 4.79. The molecule has 0 saturated carbocycles. The number of aliphatic imine (C=N–C) groups is 1. The molecule has 0 amide bonds. The lowest BCUT2D eigenvalue weighted by Crippen LogP contribution is -2.32. The molecule has 7 heteroatoms. The third-order valence-electron chi connectivity index (χ3n) is 5.51. The smallest absolute Gasteiger partial charge is 0.283 e. The second kappa shape index (κ2) is 7.52. The summed E-state index contributed by atoms with van der Waals surface area (Å²) < 4.78 is 19.0. The molecule has 1 atom stereocenters. The first-order chi connectivity index (χ1) is 15.3. The van der Waals surface area contributed by atoms with Gasteiger partial charge in [0.25, 0.3) is 6.02 Å². The highest BCUT2D eigenvalue weighted by Crippen LogP contribution is 2.55. The third kappa shape index (κ3) is 3.50. The number of hydrogen-bond donors (Lipinski definition) is 1.